The molecule has 0 saturated carbocycles. The van der Waals surface area contributed by atoms with Gasteiger partial charge in [-0.25, -0.2) is 0 Å². The average molecular weight is 340 g/mol. The fourth-order valence-corrected chi connectivity index (χ4v) is 2.92. The van der Waals surface area contributed by atoms with Gasteiger partial charge >= 0.3 is 0 Å². The summed E-state index contributed by atoms with van der Waals surface area (Å²) in [5.41, 5.74) is 2.25. The summed E-state index contributed by atoms with van der Waals surface area (Å²) in [7, 11) is 0. The van der Waals surface area contributed by atoms with Crippen LogP contribution in [0.4, 0.5) is 0 Å². The highest BCUT2D eigenvalue weighted by Gasteiger charge is 2.26. The standard InChI is InChI=1S/C20H24N2O3/c1-14(20(24)22-12-17-11-21-13-19(17)23)25-18-9-7-16(8-10-18)15-5-3-2-4-6-15/h2-10,14,17,19,21,23H,11-13H2,1H3,(H,22,24). The molecule has 5 heteroatoms. The molecular formula is C20H24N2O3. The van der Waals surface area contributed by atoms with Crippen molar-refractivity contribution in [3.63, 3.8) is 0 Å². The van der Waals surface area contributed by atoms with Crippen LogP contribution in [0.2, 0.25) is 0 Å². The van der Waals surface area contributed by atoms with Crippen molar-refractivity contribution in [2.45, 2.75) is 19.1 Å². The first-order chi connectivity index (χ1) is 12.1. The second kappa shape index (κ2) is 8.14. The van der Waals surface area contributed by atoms with Gasteiger partial charge in [-0.15, -0.1) is 0 Å². The quantitative estimate of drug-likeness (QED) is 0.750. The fourth-order valence-electron chi connectivity index (χ4n) is 2.92. The molecule has 0 bridgehead atoms. The van der Waals surface area contributed by atoms with Crippen molar-refractivity contribution in [2.75, 3.05) is 19.6 Å². The van der Waals surface area contributed by atoms with Gasteiger partial charge in [-0.05, 0) is 30.2 Å². The zero-order valence-corrected chi connectivity index (χ0v) is 14.3. The van der Waals surface area contributed by atoms with Crippen LogP contribution in [0.3, 0.4) is 0 Å². The number of benzene rings is 2. The SMILES string of the molecule is CC(Oc1ccc(-c2ccccc2)cc1)C(=O)NCC1CNCC1O. The lowest BCUT2D eigenvalue weighted by molar-refractivity contribution is -0.127. The Morgan fingerprint density at radius 3 is 2.48 bits per heavy atom. The number of hydrogen-bond donors (Lipinski definition) is 3. The Morgan fingerprint density at radius 1 is 1.16 bits per heavy atom. The lowest BCUT2D eigenvalue weighted by Gasteiger charge is -2.18. The number of nitrogens with one attached hydrogen (secondary N) is 2. The molecule has 0 aromatic heterocycles. The Kier molecular flexibility index (Phi) is 5.68. The molecule has 3 unspecified atom stereocenters. The molecule has 3 N–H and O–H groups in total. The van der Waals surface area contributed by atoms with E-state index in [2.05, 4.69) is 22.8 Å². The minimum Gasteiger partial charge on any atom is -0.481 e. The van der Waals surface area contributed by atoms with Crippen molar-refractivity contribution < 1.29 is 14.6 Å². The Bertz CT molecular complexity index is 688. The average Bonchev–Trinajstić information content (AvgIpc) is 3.06. The van der Waals surface area contributed by atoms with Crippen LogP contribution in [0, 0.1) is 5.92 Å². The van der Waals surface area contributed by atoms with Crippen molar-refractivity contribution in [2.24, 2.45) is 5.92 Å². The summed E-state index contributed by atoms with van der Waals surface area (Å²) >= 11 is 0. The van der Waals surface area contributed by atoms with Crippen molar-refractivity contribution in [3.05, 3.63) is 54.6 Å². The van der Waals surface area contributed by atoms with Gasteiger partial charge in [0, 0.05) is 25.6 Å². The summed E-state index contributed by atoms with van der Waals surface area (Å²) in [6.45, 7) is 3.48. The van der Waals surface area contributed by atoms with Gasteiger partial charge in [0.25, 0.3) is 5.91 Å². The van der Waals surface area contributed by atoms with E-state index in [0.717, 1.165) is 17.7 Å². The lowest BCUT2D eigenvalue weighted by Crippen LogP contribution is -2.41. The normalized spacial score (nSPS) is 20.9. The van der Waals surface area contributed by atoms with Crippen LogP contribution in [0.25, 0.3) is 11.1 Å². The van der Waals surface area contributed by atoms with Gasteiger partial charge in [0.1, 0.15) is 5.75 Å². The number of carbonyl (C=O) groups is 1. The number of rotatable bonds is 6. The second-order valence-corrected chi connectivity index (χ2v) is 6.38. The highest BCUT2D eigenvalue weighted by atomic mass is 16.5. The Labute approximate surface area is 148 Å². The minimum atomic E-state index is -0.589. The molecule has 0 radical (unpaired) electrons. The number of amides is 1. The van der Waals surface area contributed by atoms with Gasteiger partial charge in [-0.3, -0.25) is 4.79 Å². The van der Waals surface area contributed by atoms with E-state index in [1.807, 2.05) is 42.5 Å². The zero-order valence-electron chi connectivity index (χ0n) is 14.3. The smallest absolute Gasteiger partial charge is 0.260 e. The van der Waals surface area contributed by atoms with Gasteiger partial charge in [0.2, 0.25) is 0 Å². The predicted molar refractivity (Wildman–Crippen MR) is 97.3 cm³/mol. The van der Waals surface area contributed by atoms with E-state index >= 15 is 0 Å². The van der Waals surface area contributed by atoms with E-state index in [4.69, 9.17) is 4.74 Å². The van der Waals surface area contributed by atoms with Crippen molar-refractivity contribution >= 4 is 5.91 Å². The van der Waals surface area contributed by atoms with Crippen molar-refractivity contribution in [3.8, 4) is 16.9 Å². The second-order valence-electron chi connectivity index (χ2n) is 6.38. The maximum Gasteiger partial charge on any atom is 0.260 e. The number of hydrogen-bond acceptors (Lipinski definition) is 4. The molecule has 0 aliphatic carbocycles. The third kappa shape index (κ3) is 4.59. The van der Waals surface area contributed by atoms with Crippen LogP contribution in [-0.2, 0) is 4.79 Å². The summed E-state index contributed by atoms with van der Waals surface area (Å²) in [4.78, 5) is 12.2. The summed E-state index contributed by atoms with van der Waals surface area (Å²) in [6.07, 6.45) is -0.990. The molecule has 1 aliphatic rings. The largest absolute Gasteiger partial charge is 0.481 e. The first-order valence-electron chi connectivity index (χ1n) is 8.62. The summed E-state index contributed by atoms with van der Waals surface area (Å²) in [5, 5.41) is 15.7. The summed E-state index contributed by atoms with van der Waals surface area (Å²) in [5.74, 6) is 0.539. The topological polar surface area (TPSA) is 70.6 Å². The number of aliphatic hydroxyl groups is 1. The van der Waals surface area contributed by atoms with Crippen LogP contribution in [0.5, 0.6) is 5.75 Å². The van der Waals surface area contributed by atoms with Crippen LogP contribution < -0.4 is 15.4 Å². The van der Waals surface area contributed by atoms with Gasteiger partial charge in [0.15, 0.2) is 6.10 Å². The molecule has 25 heavy (non-hydrogen) atoms. The molecule has 132 valence electrons. The molecule has 1 aliphatic heterocycles. The Hall–Kier alpha value is -2.37. The van der Waals surface area contributed by atoms with Crippen LogP contribution >= 0.6 is 0 Å². The van der Waals surface area contributed by atoms with Gasteiger partial charge in [0.05, 0.1) is 6.10 Å². The highest BCUT2D eigenvalue weighted by molar-refractivity contribution is 5.80. The summed E-state index contributed by atoms with van der Waals surface area (Å²) < 4.78 is 5.72. The molecule has 2 aromatic rings. The van der Waals surface area contributed by atoms with Crippen LogP contribution in [-0.4, -0.2) is 42.9 Å². The molecule has 2 aromatic carbocycles. The molecule has 3 rings (SSSR count). The predicted octanol–water partition coefficient (Wildman–Crippen LogP) is 1.82. The molecule has 1 amide bonds. The first-order valence-corrected chi connectivity index (χ1v) is 8.62. The van der Waals surface area contributed by atoms with E-state index in [9.17, 15) is 9.90 Å². The van der Waals surface area contributed by atoms with E-state index in [0.29, 0.717) is 18.8 Å². The number of β-amino-alcohol motifs (C(OH)–C–C–N with tert-alkyl or cyclic N) is 1. The number of carbonyl (C=O) groups excluding carboxylic acids is 1. The molecule has 5 nitrogen and oxygen atoms in total. The van der Waals surface area contributed by atoms with Crippen LogP contribution in [0.15, 0.2) is 54.6 Å². The molecule has 1 saturated heterocycles. The monoisotopic (exact) mass is 340 g/mol. The van der Waals surface area contributed by atoms with E-state index in [1.54, 1.807) is 6.92 Å². The van der Waals surface area contributed by atoms with Gasteiger partial charge in [-0.1, -0.05) is 42.5 Å². The molecular weight excluding hydrogens is 316 g/mol. The first kappa shape index (κ1) is 17.5. The van der Waals surface area contributed by atoms with Crippen molar-refractivity contribution in [1.29, 1.82) is 0 Å². The fraction of sp³-hybridized carbons (Fsp3) is 0.350. The summed E-state index contributed by atoms with van der Waals surface area (Å²) in [6, 6.07) is 17.8. The number of aliphatic hydroxyl groups excluding tert-OH is 1. The van der Waals surface area contributed by atoms with Crippen molar-refractivity contribution in [1.82, 2.24) is 10.6 Å². The van der Waals surface area contributed by atoms with Crippen LogP contribution in [0.1, 0.15) is 6.92 Å². The molecule has 1 fully saturated rings. The zero-order chi connectivity index (χ0) is 17.6. The van der Waals surface area contributed by atoms with Gasteiger partial charge in [-0.2, -0.15) is 0 Å². The van der Waals surface area contributed by atoms with E-state index in [1.165, 1.54) is 0 Å². The molecule has 0 spiro atoms. The molecule has 3 atom stereocenters. The Balaban J connectivity index is 1.52. The lowest BCUT2D eigenvalue weighted by atomic mass is 10.1. The van der Waals surface area contributed by atoms with E-state index in [-0.39, 0.29) is 11.8 Å². The molecule has 1 heterocycles. The highest BCUT2D eigenvalue weighted by Crippen LogP contribution is 2.22. The minimum absolute atomic E-state index is 0.0568. The number of ether oxygens (including phenoxy) is 1. The van der Waals surface area contributed by atoms with E-state index < -0.39 is 12.2 Å². The third-order valence-electron chi connectivity index (χ3n) is 4.49. The maximum atomic E-state index is 12.2. The third-order valence-corrected chi connectivity index (χ3v) is 4.49. The maximum absolute atomic E-state index is 12.2. The van der Waals surface area contributed by atoms with Gasteiger partial charge < -0.3 is 20.5 Å². The Morgan fingerprint density at radius 2 is 1.84 bits per heavy atom.